The molecule has 0 aliphatic carbocycles. The van der Waals surface area contributed by atoms with Gasteiger partial charge >= 0.3 is 0 Å². The first kappa shape index (κ1) is 14.4. The van der Waals surface area contributed by atoms with Crippen molar-refractivity contribution in [3.63, 3.8) is 0 Å². The van der Waals surface area contributed by atoms with Crippen LogP contribution in [0.1, 0.15) is 30.8 Å². The Labute approximate surface area is 129 Å². The molecular formula is C15H19ClN4O. The average Bonchev–Trinajstić information content (AvgIpc) is 3.05. The maximum absolute atomic E-state index is 6.17. The molecule has 1 aliphatic heterocycles. The largest absolute Gasteiger partial charge is 0.493 e. The summed E-state index contributed by atoms with van der Waals surface area (Å²) in [5.74, 6) is 1.75. The minimum Gasteiger partial charge on any atom is -0.493 e. The summed E-state index contributed by atoms with van der Waals surface area (Å²) in [6.07, 6.45) is 2.67. The zero-order chi connectivity index (χ0) is 14.8. The predicted octanol–water partition coefficient (Wildman–Crippen LogP) is 2.41. The monoisotopic (exact) mass is 306 g/mol. The first-order valence-electron chi connectivity index (χ1n) is 7.17. The molecule has 5 nitrogen and oxygen atoms in total. The van der Waals surface area contributed by atoms with Gasteiger partial charge in [0, 0.05) is 23.0 Å². The van der Waals surface area contributed by atoms with Crippen molar-refractivity contribution in [3.05, 3.63) is 40.4 Å². The van der Waals surface area contributed by atoms with Crippen LogP contribution in [-0.4, -0.2) is 27.4 Å². The molecule has 21 heavy (non-hydrogen) atoms. The van der Waals surface area contributed by atoms with Gasteiger partial charge in [0.1, 0.15) is 12.1 Å². The van der Waals surface area contributed by atoms with E-state index in [-0.39, 0.29) is 0 Å². The lowest BCUT2D eigenvalue weighted by Gasteiger charge is -2.09. The summed E-state index contributed by atoms with van der Waals surface area (Å²) in [6.45, 7) is 6.23. The SMILES string of the molecule is CC(C)NCc1ncn(Cc2cc(Cl)cc3c2OCC3)n1. The van der Waals surface area contributed by atoms with Crippen LogP contribution in [0.2, 0.25) is 5.02 Å². The molecule has 0 saturated carbocycles. The van der Waals surface area contributed by atoms with Gasteiger partial charge in [-0.25, -0.2) is 9.67 Å². The first-order valence-corrected chi connectivity index (χ1v) is 7.55. The quantitative estimate of drug-likeness (QED) is 0.921. The number of rotatable bonds is 5. The highest BCUT2D eigenvalue weighted by Crippen LogP contribution is 2.33. The highest BCUT2D eigenvalue weighted by molar-refractivity contribution is 6.30. The minimum atomic E-state index is 0.418. The molecule has 0 unspecified atom stereocenters. The molecule has 2 aromatic rings. The predicted molar refractivity (Wildman–Crippen MR) is 81.8 cm³/mol. The summed E-state index contributed by atoms with van der Waals surface area (Å²) in [6, 6.07) is 4.34. The Morgan fingerprint density at radius 2 is 2.29 bits per heavy atom. The summed E-state index contributed by atoms with van der Waals surface area (Å²) in [4.78, 5) is 4.32. The van der Waals surface area contributed by atoms with E-state index in [1.165, 1.54) is 5.56 Å². The van der Waals surface area contributed by atoms with Crippen LogP contribution >= 0.6 is 11.6 Å². The van der Waals surface area contributed by atoms with Crippen LogP contribution in [0.25, 0.3) is 0 Å². The maximum Gasteiger partial charge on any atom is 0.164 e. The zero-order valence-electron chi connectivity index (χ0n) is 12.3. The van der Waals surface area contributed by atoms with Gasteiger partial charge in [-0.3, -0.25) is 0 Å². The van der Waals surface area contributed by atoms with Crippen LogP contribution < -0.4 is 10.1 Å². The molecule has 0 atom stereocenters. The maximum atomic E-state index is 6.17. The van der Waals surface area contributed by atoms with E-state index in [2.05, 4.69) is 29.2 Å². The zero-order valence-corrected chi connectivity index (χ0v) is 13.0. The van der Waals surface area contributed by atoms with Crippen molar-refractivity contribution in [2.45, 2.75) is 39.4 Å². The van der Waals surface area contributed by atoms with Crippen LogP contribution in [0.3, 0.4) is 0 Å². The fourth-order valence-electron chi connectivity index (χ4n) is 2.42. The summed E-state index contributed by atoms with van der Waals surface area (Å²) in [7, 11) is 0. The van der Waals surface area contributed by atoms with Gasteiger partial charge in [0.15, 0.2) is 5.82 Å². The van der Waals surface area contributed by atoms with E-state index < -0.39 is 0 Å². The summed E-state index contributed by atoms with van der Waals surface area (Å²) in [5.41, 5.74) is 2.24. The lowest BCUT2D eigenvalue weighted by Crippen LogP contribution is -2.22. The third kappa shape index (κ3) is 3.36. The van der Waals surface area contributed by atoms with Crippen molar-refractivity contribution in [2.24, 2.45) is 0 Å². The second-order valence-corrected chi connectivity index (χ2v) is 5.98. The highest BCUT2D eigenvalue weighted by atomic mass is 35.5. The summed E-state index contributed by atoms with van der Waals surface area (Å²) >= 11 is 6.17. The molecule has 0 amide bonds. The van der Waals surface area contributed by atoms with Gasteiger partial charge in [0.25, 0.3) is 0 Å². The number of nitrogens with one attached hydrogen (secondary N) is 1. The highest BCUT2D eigenvalue weighted by Gasteiger charge is 2.18. The molecule has 6 heteroatoms. The van der Waals surface area contributed by atoms with E-state index in [4.69, 9.17) is 16.3 Å². The third-order valence-electron chi connectivity index (χ3n) is 3.41. The Morgan fingerprint density at radius 1 is 1.43 bits per heavy atom. The standard InChI is InChI=1S/C15H19ClN4O/c1-10(2)17-7-14-18-9-20(19-14)8-12-6-13(16)5-11-3-4-21-15(11)12/h5-6,9-10,17H,3-4,7-8H2,1-2H3. The molecule has 3 rings (SSSR count). The molecule has 1 aromatic heterocycles. The number of aromatic nitrogens is 3. The fraction of sp³-hybridized carbons (Fsp3) is 0.467. The number of halogens is 1. The number of hydrogen-bond acceptors (Lipinski definition) is 4. The summed E-state index contributed by atoms with van der Waals surface area (Å²) < 4.78 is 7.53. The van der Waals surface area contributed by atoms with Crippen molar-refractivity contribution >= 4 is 11.6 Å². The van der Waals surface area contributed by atoms with Crippen LogP contribution in [0, 0.1) is 0 Å². The number of ether oxygens (including phenoxy) is 1. The van der Waals surface area contributed by atoms with Crippen molar-refractivity contribution < 1.29 is 4.74 Å². The molecule has 112 valence electrons. The lowest BCUT2D eigenvalue weighted by molar-refractivity contribution is 0.352. The molecule has 0 saturated heterocycles. The van der Waals surface area contributed by atoms with Gasteiger partial charge in [-0.2, -0.15) is 5.10 Å². The first-order chi connectivity index (χ1) is 10.1. The van der Waals surface area contributed by atoms with E-state index in [1.54, 1.807) is 6.33 Å². The van der Waals surface area contributed by atoms with E-state index in [0.717, 1.165) is 35.2 Å². The lowest BCUT2D eigenvalue weighted by atomic mass is 10.1. The Morgan fingerprint density at radius 3 is 3.10 bits per heavy atom. The molecule has 0 spiro atoms. The second-order valence-electron chi connectivity index (χ2n) is 5.55. The van der Waals surface area contributed by atoms with Crippen molar-refractivity contribution in [1.29, 1.82) is 0 Å². The Bertz CT molecular complexity index is 639. The van der Waals surface area contributed by atoms with E-state index in [9.17, 15) is 0 Å². The molecule has 0 fully saturated rings. The van der Waals surface area contributed by atoms with Gasteiger partial charge in [0.2, 0.25) is 0 Å². The Kier molecular flexibility index (Phi) is 4.12. The molecule has 1 N–H and O–H groups in total. The van der Waals surface area contributed by atoms with Crippen LogP contribution in [0.5, 0.6) is 5.75 Å². The minimum absolute atomic E-state index is 0.418. The van der Waals surface area contributed by atoms with Gasteiger partial charge in [-0.1, -0.05) is 25.4 Å². The molecule has 1 aromatic carbocycles. The Hall–Kier alpha value is -1.59. The van der Waals surface area contributed by atoms with Gasteiger partial charge in [-0.15, -0.1) is 0 Å². The van der Waals surface area contributed by atoms with E-state index in [0.29, 0.717) is 19.1 Å². The smallest absolute Gasteiger partial charge is 0.164 e. The van der Waals surface area contributed by atoms with Gasteiger partial charge in [0.05, 0.1) is 19.7 Å². The topological polar surface area (TPSA) is 52.0 Å². The van der Waals surface area contributed by atoms with Crippen LogP contribution in [0.15, 0.2) is 18.5 Å². The molecule has 1 aliphatic rings. The third-order valence-corrected chi connectivity index (χ3v) is 3.63. The van der Waals surface area contributed by atoms with Crippen LogP contribution in [-0.2, 0) is 19.5 Å². The molecule has 0 bridgehead atoms. The average molecular weight is 307 g/mol. The van der Waals surface area contributed by atoms with Gasteiger partial charge < -0.3 is 10.1 Å². The number of hydrogen-bond donors (Lipinski definition) is 1. The molecule has 0 radical (unpaired) electrons. The molecular weight excluding hydrogens is 288 g/mol. The second kappa shape index (κ2) is 6.03. The Balaban J connectivity index is 1.75. The van der Waals surface area contributed by atoms with Crippen molar-refractivity contribution in [1.82, 2.24) is 20.1 Å². The van der Waals surface area contributed by atoms with Crippen molar-refractivity contribution in [2.75, 3.05) is 6.61 Å². The number of benzene rings is 1. The number of nitrogens with zero attached hydrogens (tertiary/aromatic N) is 3. The number of fused-ring (bicyclic) bond motifs is 1. The van der Waals surface area contributed by atoms with E-state index in [1.807, 2.05) is 16.8 Å². The van der Waals surface area contributed by atoms with Crippen molar-refractivity contribution in [3.8, 4) is 5.75 Å². The molecule has 2 heterocycles. The van der Waals surface area contributed by atoms with Crippen LogP contribution in [0.4, 0.5) is 0 Å². The van der Waals surface area contributed by atoms with E-state index >= 15 is 0 Å². The van der Waals surface area contributed by atoms with Gasteiger partial charge in [-0.05, 0) is 17.7 Å². The normalized spacial score (nSPS) is 13.5. The summed E-state index contributed by atoms with van der Waals surface area (Å²) in [5, 5.41) is 8.53. The fourth-order valence-corrected chi connectivity index (χ4v) is 2.69.